The van der Waals surface area contributed by atoms with Crippen LogP contribution in [0.25, 0.3) is 0 Å². The quantitative estimate of drug-likeness (QED) is 0.597. The number of anilines is 1. The standard InChI is InChI=1S/C25H29NO4/c1-6-7-21(15-24(27)28)19-10-12-22(13-11-19)26-25(29)18(5)30-23-14-20(16(2)3)9-8-17(23)4/h8-14,16,18,21H,15H2,1-5H3,(H,26,29)(H,27,28). The Morgan fingerprint density at radius 2 is 1.70 bits per heavy atom. The average molecular weight is 408 g/mol. The lowest BCUT2D eigenvalue weighted by Gasteiger charge is -2.18. The van der Waals surface area contributed by atoms with Crippen molar-refractivity contribution in [2.24, 2.45) is 0 Å². The van der Waals surface area contributed by atoms with Gasteiger partial charge in [-0.3, -0.25) is 9.59 Å². The largest absolute Gasteiger partial charge is 0.481 e. The molecule has 2 aromatic carbocycles. The molecule has 0 spiro atoms. The number of nitrogens with one attached hydrogen (secondary N) is 1. The van der Waals surface area contributed by atoms with Gasteiger partial charge in [-0.1, -0.05) is 44.0 Å². The molecule has 0 bridgehead atoms. The Hall–Kier alpha value is -3.26. The summed E-state index contributed by atoms with van der Waals surface area (Å²) in [5.41, 5.74) is 3.55. The Labute approximate surface area is 178 Å². The Kier molecular flexibility index (Phi) is 8.06. The van der Waals surface area contributed by atoms with Crippen molar-refractivity contribution in [2.45, 2.75) is 59.0 Å². The molecule has 2 aromatic rings. The van der Waals surface area contributed by atoms with Crippen LogP contribution in [-0.2, 0) is 9.59 Å². The van der Waals surface area contributed by atoms with E-state index in [1.807, 2.05) is 19.1 Å². The van der Waals surface area contributed by atoms with Gasteiger partial charge in [0.25, 0.3) is 5.91 Å². The number of hydrogen-bond acceptors (Lipinski definition) is 3. The van der Waals surface area contributed by atoms with Gasteiger partial charge in [0.15, 0.2) is 6.10 Å². The number of benzene rings is 2. The minimum absolute atomic E-state index is 0.0633. The van der Waals surface area contributed by atoms with Gasteiger partial charge in [-0.15, -0.1) is 5.92 Å². The smallest absolute Gasteiger partial charge is 0.304 e. The molecule has 0 aromatic heterocycles. The average Bonchev–Trinajstić information content (AvgIpc) is 2.69. The Balaban J connectivity index is 2.06. The molecule has 1 amide bonds. The summed E-state index contributed by atoms with van der Waals surface area (Å²) in [6, 6.07) is 13.1. The van der Waals surface area contributed by atoms with Gasteiger partial charge in [-0.05, 0) is 61.6 Å². The number of aryl methyl sites for hydroxylation is 1. The second kappa shape index (κ2) is 10.5. The van der Waals surface area contributed by atoms with Gasteiger partial charge < -0.3 is 15.2 Å². The summed E-state index contributed by atoms with van der Waals surface area (Å²) in [7, 11) is 0. The van der Waals surface area contributed by atoms with Crippen LogP contribution in [0, 0.1) is 18.8 Å². The summed E-state index contributed by atoms with van der Waals surface area (Å²) < 4.78 is 5.91. The molecule has 0 saturated carbocycles. The van der Waals surface area contributed by atoms with E-state index < -0.39 is 12.1 Å². The van der Waals surface area contributed by atoms with Crippen LogP contribution in [0.3, 0.4) is 0 Å². The minimum atomic E-state index is -0.900. The zero-order valence-corrected chi connectivity index (χ0v) is 18.2. The van der Waals surface area contributed by atoms with Crippen LogP contribution in [-0.4, -0.2) is 23.1 Å². The third-order valence-corrected chi connectivity index (χ3v) is 4.83. The molecule has 0 aliphatic carbocycles. The summed E-state index contributed by atoms with van der Waals surface area (Å²) in [5, 5.41) is 11.9. The topological polar surface area (TPSA) is 75.6 Å². The lowest BCUT2D eigenvalue weighted by atomic mass is 9.96. The number of amides is 1. The number of carbonyl (C=O) groups is 2. The van der Waals surface area contributed by atoms with Crippen LogP contribution >= 0.6 is 0 Å². The third-order valence-electron chi connectivity index (χ3n) is 4.83. The molecule has 5 heteroatoms. The van der Waals surface area contributed by atoms with Crippen LogP contribution in [0.5, 0.6) is 5.75 Å². The molecular weight excluding hydrogens is 378 g/mol. The Bertz CT molecular complexity index is 951. The molecule has 5 nitrogen and oxygen atoms in total. The molecule has 2 atom stereocenters. The fourth-order valence-electron chi connectivity index (χ4n) is 2.99. The van der Waals surface area contributed by atoms with E-state index in [1.54, 1.807) is 38.1 Å². The SMILES string of the molecule is CC#CC(CC(=O)O)c1ccc(NC(=O)C(C)Oc2cc(C(C)C)ccc2C)cc1. The van der Waals surface area contributed by atoms with Gasteiger partial charge in [0, 0.05) is 5.69 Å². The molecule has 0 aliphatic rings. The third kappa shape index (κ3) is 6.38. The molecular formula is C25H29NO4. The number of aliphatic carboxylic acids is 1. The number of rotatable bonds is 8. The first-order valence-electron chi connectivity index (χ1n) is 10.0. The van der Waals surface area contributed by atoms with E-state index in [2.05, 4.69) is 37.1 Å². The molecule has 2 N–H and O–H groups in total. The highest BCUT2D eigenvalue weighted by Gasteiger charge is 2.17. The number of carboxylic acid groups (broad SMARTS) is 1. The maximum atomic E-state index is 12.6. The van der Waals surface area contributed by atoms with E-state index in [9.17, 15) is 9.59 Å². The van der Waals surface area contributed by atoms with Crippen molar-refractivity contribution in [1.29, 1.82) is 0 Å². The van der Waals surface area contributed by atoms with Gasteiger partial charge in [-0.2, -0.15) is 0 Å². The van der Waals surface area contributed by atoms with E-state index in [0.717, 1.165) is 16.7 Å². The van der Waals surface area contributed by atoms with Gasteiger partial charge >= 0.3 is 5.97 Å². The zero-order valence-electron chi connectivity index (χ0n) is 18.2. The maximum absolute atomic E-state index is 12.6. The van der Waals surface area contributed by atoms with Crippen molar-refractivity contribution in [1.82, 2.24) is 0 Å². The first-order valence-corrected chi connectivity index (χ1v) is 10.0. The highest BCUT2D eigenvalue weighted by molar-refractivity contribution is 5.94. The normalized spacial score (nSPS) is 12.5. The minimum Gasteiger partial charge on any atom is -0.481 e. The molecule has 30 heavy (non-hydrogen) atoms. The first-order chi connectivity index (χ1) is 14.2. The fraction of sp³-hybridized carbons (Fsp3) is 0.360. The van der Waals surface area contributed by atoms with E-state index >= 15 is 0 Å². The second-order valence-corrected chi connectivity index (χ2v) is 7.60. The number of ether oxygens (including phenoxy) is 1. The number of hydrogen-bond donors (Lipinski definition) is 2. The maximum Gasteiger partial charge on any atom is 0.304 e. The summed E-state index contributed by atoms with van der Waals surface area (Å²) in [6.45, 7) is 9.58. The van der Waals surface area contributed by atoms with Crippen LogP contribution in [0.4, 0.5) is 5.69 Å². The summed E-state index contributed by atoms with van der Waals surface area (Å²) in [4.78, 5) is 23.6. The van der Waals surface area contributed by atoms with Crippen molar-refractivity contribution in [3.05, 3.63) is 59.2 Å². The second-order valence-electron chi connectivity index (χ2n) is 7.60. The molecule has 2 unspecified atom stereocenters. The predicted octanol–water partition coefficient (Wildman–Crippen LogP) is 5.11. The molecule has 0 aliphatic heterocycles. The van der Waals surface area contributed by atoms with Crippen molar-refractivity contribution < 1.29 is 19.4 Å². The molecule has 0 fully saturated rings. The van der Waals surface area contributed by atoms with Crippen LogP contribution in [0.15, 0.2) is 42.5 Å². The molecule has 158 valence electrons. The lowest BCUT2D eigenvalue weighted by Crippen LogP contribution is -2.30. The van der Waals surface area contributed by atoms with Crippen LogP contribution in [0.2, 0.25) is 0 Å². The fourth-order valence-corrected chi connectivity index (χ4v) is 2.99. The zero-order chi connectivity index (χ0) is 22.3. The molecule has 0 saturated heterocycles. The van der Waals surface area contributed by atoms with Crippen molar-refractivity contribution in [3.8, 4) is 17.6 Å². The van der Waals surface area contributed by atoms with Crippen LogP contribution in [0.1, 0.15) is 62.6 Å². The van der Waals surface area contributed by atoms with E-state index in [1.165, 1.54) is 0 Å². The highest BCUT2D eigenvalue weighted by Crippen LogP contribution is 2.26. The van der Waals surface area contributed by atoms with Gasteiger partial charge in [-0.25, -0.2) is 0 Å². The van der Waals surface area contributed by atoms with Crippen LogP contribution < -0.4 is 10.1 Å². The van der Waals surface area contributed by atoms with Crippen molar-refractivity contribution in [3.63, 3.8) is 0 Å². The molecule has 2 rings (SSSR count). The van der Waals surface area contributed by atoms with Gasteiger partial charge in [0.1, 0.15) is 5.75 Å². The predicted molar refractivity (Wildman–Crippen MR) is 119 cm³/mol. The van der Waals surface area contributed by atoms with E-state index in [0.29, 0.717) is 17.4 Å². The highest BCUT2D eigenvalue weighted by atomic mass is 16.5. The Morgan fingerprint density at radius 3 is 2.27 bits per heavy atom. The Morgan fingerprint density at radius 1 is 1.07 bits per heavy atom. The van der Waals surface area contributed by atoms with Crippen molar-refractivity contribution >= 4 is 17.6 Å². The van der Waals surface area contributed by atoms with Gasteiger partial charge in [0.05, 0.1) is 12.3 Å². The number of carbonyl (C=O) groups excluding carboxylic acids is 1. The van der Waals surface area contributed by atoms with Crippen molar-refractivity contribution in [2.75, 3.05) is 5.32 Å². The summed E-state index contributed by atoms with van der Waals surface area (Å²) >= 11 is 0. The summed E-state index contributed by atoms with van der Waals surface area (Å²) in [5.74, 6) is 5.23. The molecule has 0 heterocycles. The molecule has 0 radical (unpaired) electrons. The monoisotopic (exact) mass is 407 g/mol. The van der Waals surface area contributed by atoms with E-state index in [-0.39, 0.29) is 18.2 Å². The number of carboxylic acids is 1. The van der Waals surface area contributed by atoms with E-state index in [4.69, 9.17) is 9.84 Å². The van der Waals surface area contributed by atoms with Gasteiger partial charge in [0.2, 0.25) is 0 Å². The first kappa shape index (κ1) is 23.0. The lowest BCUT2D eigenvalue weighted by molar-refractivity contribution is -0.137. The summed E-state index contributed by atoms with van der Waals surface area (Å²) in [6.07, 6.45) is -0.733.